The summed E-state index contributed by atoms with van der Waals surface area (Å²) in [4.78, 5) is 0. The van der Waals surface area contributed by atoms with Crippen LogP contribution in [0.1, 0.15) is 19.5 Å². The van der Waals surface area contributed by atoms with Gasteiger partial charge in [-0.1, -0.05) is 34.1 Å². The number of halogens is 1. The Morgan fingerprint density at radius 1 is 1.00 bits per heavy atom. The lowest BCUT2D eigenvalue weighted by Gasteiger charge is -2.21. The second kappa shape index (κ2) is 4.76. The van der Waals surface area contributed by atoms with Gasteiger partial charge in [-0.2, -0.15) is 0 Å². The maximum Gasteiger partial charge on any atom is 0.0993 e. The van der Waals surface area contributed by atoms with E-state index < -0.39 is 5.60 Å². The molecule has 0 bridgehead atoms. The van der Waals surface area contributed by atoms with Gasteiger partial charge in [0.05, 0.1) is 16.8 Å². The zero-order valence-corrected chi connectivity index (χ0v) is 13.1. The van der Waals surface area contributed by atoms with Crippen LogP contribution in [0, 0.1) is 0 Å². The molecule has 2 nitrogen and oxygen atoms in total. The highest BCUT2D eigenvalue weighted by Gasteiger charge is 2.23. The molecule has 1 N–H and O–H groups in total. The van der Waals surface area contributed by atoms with E-state index in [1.165, 1.54) is 0 Å². The molecule has 0 amide bonds. The summed E-state index contributed by atoms with van der Waals surface area (Å²) in [6.45, 7) is 3.63. The highest BCUT2D eigenvalue weighted by Crippen LogP contribution is 2.31. The van der Waals surface area contributed by atoms with Crippen LogP contribution < -0.4 is 0 Å². The van der Waals surface area contributed by atoms with E-state index in [2.05, 4.69) is 38.7 Å². The van der Waals surface area contributed by atoms with E-state index in [4.69, 9.17) is 0 Å². The molecule has 0 aliphatic carbocycles. The Hall–Kier alpha value is -1.58. The van der Waals surface area contributed by atoms with Crippen LogP contribution in [0.3, 0.4) is 0 Å². The standard InChI is InChI=1S/C17H16BrNO/c1-17(2,20)16-11-12-5-3-4-6-15(12)19(16)14-9-7-13(18)8-10-14/h3-11,20H,1-2H3. The molecule has 0 unspecified atom stereocenters. The zero-order valence-electron chi connectivity index (χ0n) is 11.5. The van der Waals surface area contributed by atoms with Crippen molar-refractivity contribution in [2.45, 2.75) is 19.4 Å². The summed E-state index contributed by atoms with van der Waals surface area (Å²) in [5.41, 5.74) is 2.14. The lowest BCUT2D eigenvalue weighted by Crippen LogP contribution is -2.20. The molecule has 0 spiro atoms. The summed E-state index contributed by atoms with van der Waals surface area (Å²) in [5, 5.41) is 11.6. The topological polar surface area (TPSA) is 25.2 Å². The first-order valence-electron chi connectivity index (χ1n) is 6.56. The van der Waals surface area contributed by atoms with Gasteiger partial charge < -0.3 is 9.67 Å². The van der Waals surface area contributed by atoms with Gasteiger partial charge in [0, 0.05) is 15.5 Å². The van der Waals surface area contributed by atoms with Crippen LogP contribution >= 0.6 is 15.9 Å². The van der Waals surface area contributed by atoms with Crippen molar-refractivity contribution in [1.29, 1.82) is 0 Å². The van der Waals surface area contributed by atoms with Crippen molar-refractivity contribution in [3.8, 4) is 5.69 Å². The third kappa shape index (κ3) is 2.28. The SMILES string of the molecule is CC(C)(O)c1cc2ccccc2n1-c1ccc(Br)cc1. The van der Waals surface area contributed by atoms with Crippen molar-refractivity contribution in [2.24, 2.45) is 0 Å². The Kier molecular flexibility index (Phi) is 3.19. The molecule has 0 saturated carbocycles. The second-order valence-electron chi connectivity index (χ2n) is 5.46. The van der Waals surface area contributed by atoms with Crippen molar-refractivity contribution in [3.05, 3.63) is 64.8 Å². The molecule has 3 rings (SSSR count). The van der Waals surface area contributed by atoms with Crippen molar-refractivity contribution in [1.82, 2.24) is 4.57 Å². The van der Waals surface area contributed by atoms with Crippen molar-refractivity contribution >= 4 is 26.8 Å². The van der Waals surface area contributed by atoms with E-state index in [1.807, 2.05) is 50.2 Å². The van der Waals surface area contributed by atoms with Gasteiger partial charge in [-0.3, -0.25) is 0 Å². The maximum atomic E-state index is 10.5. The number of hydrogen-bond donors (Lipinski definition) is 1. The van der Waals surface area contributed by atoms with Crippen LogP contribution in [0.4, 0.5) is 0 Å². The lowest BCUT2D eigenvalue weighted by atomic mass is 10.1. The van der Waals surface area contributed by atoms with Gasteiger partial charge in [0.2, 0.25) is 0 Å². The molecule has 102 valence electrons. The van der Waals surface area contributed by atoms with E-state index in [9.17, 15) is 5.11 Å². The van der Waals surface area contributed by atoms with Crippen molar-refractivity contribution in [2.75, 3.05) is 0 Å². The minimum absolute atomic E-state index is 0.890. The molecule has 0 aliphatic rings. The molecule has 0 atom stereocenters. The first-order chi connectivity index (χ1) is 9.47. The Morgan fingerprint density at radius 3 is 2.30 bits per heavy atom. The molecule has 3 aromatic rings. The van der Waals surface area contributed by atoms with Gasteiger partial charge in [0.15, 0.2) is 0 Å². The highest BCUT2D eigenvalue weighted by atomic mass is 79.9. The molecule has 1 aromatic heterocycles. The molecule has 0 radical (unpaired) electrons. The molecule has 0 aliphatic heterocycles. The first kappa shape index (κ1) is 13.4. The molecule has 0 fully saturated rings. The first-order valence-corrected chi connectivity index (χ1v) is 7.35. The van der Waals surface area contributed by atoms with Crippen LogP contribution in [0.2, 0.25) is 0 Å². The predicted octanol–water partition coefficient (Wildman–Crippen LogP) is 4.62. The molecular weight excluding hydrogens is 314 g/mol. The number of rotatable bonds is 2. The summed E-state index contributed by atoms with van der Waals surface area (Å²) >= 11 is 3.46. The molecule has 20 heavy (non-hydrogen) atoms. The van der Waals surface area contributed by atoms with Gasteiger partial charge in [0.25, 0.3) is 0 Å². The van der Waals surface area contributed by atoms with Crippen LogP contribution in [-0.4, -0.2) is 9.67 Å². The minimum atomic E-state index is -0.897. The van der Waals surface area contributed by atoms with E-state index in [1.54, 1.807) is 0 Å². The Balaban J connectivity index is 2.34. The van der Waals surface area contributed by atoms with Crippen LogP contribution in [0.25, 0.3) is 16.6 Å². The van der Waals surface area contributed by atoms with Crippen LogP contribution in [-0.2, 0) is 5.60 Å². The third-order valence-electron chi connectivity index (χ3n) is 3.42. The Labute approximate surface area is 126 Å². The van der Waals surface area contributed by atoms with Crippen LogP contribution in [0.15, 0.2) is 59.1 Å². The minimum Gasteiger partial charge on any atom is -0.384 e. The number of aliphatic hydroxyl groups is 1. The average molecular weight is 330 g/mol. The predicted molar refractivity (Wildman–Crippen MR) is 86.2 cm³/mol. The van der Waals surface area contributed by atoms with Crippen LogP contribution in [0.5, 0.6) is 0 Å². The highest BCUT2D eigenvalue weighted by molar-refractivity contribution is 9.10. The van der Waals surface area contributed by atoms with Gasteiger partial charge >= 0.3 is 0 Å². The number of para-hydroxylation sites is 1. The third-order valence-corrected chi connectivity index (χ3v) is 3.95. The largest absolute Gasteiger partial charge is 0.384 e. The van der Waals surface area contributed by atoms with Crippen molar-refractivity contribution < 1.29 is 5.11 Å². The smallest absolute Gasteiger partial charge is 0.0993 e. The molecule has 3 heteroatoms. The number of benzene rings is 2. The fourth-order valence-electron chi connectivity index (χ4n) is 2.47. The average Bonchev–Trinajstić information content (AvgIpc) is 2.79. The Bertz CT molecular complexity index is 751. The summed E-state index contributed by atoms with van der Waals surface area (Å²) in [6.07, 6.45) is 0. The molecule has 1 heterocycles. The summed E-state index contributed by atoms with van der Waals surface area (Å²) in [7, 11) is 0. The lowest BCUT2D eigenvalue weighted by molar-refractivity contribution is 0.0725. The normalized spacial score (nSPS) is 12.0. The van der Waals surface area contributed by atoms with E-state index in [0.717, 1.165) is 26.8 Å². The summed E-state index contributed by atoms with van der Waals surface area (Å²) < 4.78 is 3.16. The summed E-state index contributed by atoms with van der Waals surface area (Å²) in [5.74, 6) is 0. The number of nitrogens with zero attached hydrogens (tertiary/aromatic N) is 1. The Morgan fingerprint density at radius 2 is 1.65 bits per heavy atom. The van der Waals surface area contributed by atoms with Gasteiger partial charge in [-0.25, -0.2) is 0 Å². The number of hydrogen-bond acceptors (Lipinski definition) is 1. The quantitative estimate of drug-likeness (QED) is 0.729. The fraction of sp³-hybridized carbons (Fsp3) is 0.176. The van der Waals surface area contributed by atoms with Crippen molar-refractivity contribution in [3.63, 3.8) is 0 Å². The summed E-state index contributed by atoms with van der Waals surface area (Å²) in [6, 6.07) is 18.4. The number of aromatic nitrogens is 1. The molecular formula is C17H16BrNO. The second-order valence-corrected chi connectivity index (χ2v) is 6.37. The van der Waals surface area contributed by atoms with Gasteiger partial charge in [-0.15, -0.1) is 0 Å². The number of fused-ring (bicyclic) bond motifs is 1. The van der Waals surface area contributed by atoms with Gasteiger partial charge in [0.1, 0.15) is 0 Å². The fourth-order valence-corrected chi connectivity index (χ4v) is 2.74. The van der Waals surface area contributed by atoms with E-state index in [0.29, 0.717) is 0 Å². The molecule has 2 aromatic carbocycles. The van der Waals surface area contributed by atoms with Gasteiger partial charge in [-0.05, 0) is 50.2 Å². The van der Waals surface area contributed by atoms with E-state index >= 15 is 0 Å². The van der Waals surface area contributed by atoms with E-state index in [-0.39, 0.29) is 0 Å². The molecule has 0 saturated heterocycles. The zero-order chi connectivity index (χ0) is 14.3. The monoisotopic (exact) mass is 329 g/mol. The maximum absolute atomic E-state index is 10.5.